The third kappa shape index (κ3) is 2.60. The molecule has 0 radical (unpaired) electrons. The first-order valence-corrected chi connectivity index (χ1v) is 10.2. The molecule has 0 amide bonds. The molecule has 2 aromatic heterocycles. The Labute approximate surface area is 165 Å². The molecule has 0 saturated carbocycles. The van der Waals surface area contributed by atoms with Gasteiger partial charge >= 0.3 is 0 Å². The molecule has 0 bridgehead atoms. The molecule has 1 N–H and O–H groups in total. The van der Waals surface area contributed by atoms with E-state index in [4.69, 9.17) is 4.98 Å². The third-order valence-corrected chi connectivity index (χ3v) is 6.22. The van der Waals surface area contributed by atoms with Crippen molar-refractivity contribution in [3.63, 3.8) is 0 Å². The molecule has 1 aliphatic heterocycles. The Hall–Kier alpha value is -2.84. The van der Waals surface area contributed by atoms with Crippen molar-refractivity contribution in [3.05, 3.63) is 53.1 Å². The van der Waals surface area contributed by atoms with Crippen LogP contribution in [0, 0.1) is 11.3 Å². The van der Waals surface area contributed by atoms with Crippen molar-refractivity contribution < 1.29 is 4.90 Å². The zero-order chi connectivity index (χ0) is 19.3. The average molecular weight is 372 g/mol. The van der Waals surface area contributed by atoms with Gasteiger partial charge in [-0.15, -0.1) is 0 Å². The molecular weight excluding hydrogens is 346 g/mol. The maximum atomic E-state index is 9.92. The van der Waals surface area contributed by atoms with Gasteiger partial charge in [-0.05, 0) is 55.0 Å². The van der Waals surface area contributed by atoms with E-state index < -0.39 is 0 Å². The van der Waals surface area contributed by atoms with E-state index in [1.165, 1.54) is 22.5 Å². The highest BCUT2D eigenvalue weighted by atomic mass is 15.3. The first kappa shape index (κ1) is 17.3. The summed E-state index contributed by atoms with van der Waals surface area (Å²) in [5.41, 5.74) is 7.54. The van der Waals surface area contributed by atoms with Crippen LogP contribution in [0.2, 0.25) is 0 Å². The van der Waals surface area contributed by atoms with E-state index in [0.717, 1.165) is 74.2 Å². The lowest BCUT2D eigenvalue weighted by molar-refractivity contribution is -0.895. The first-order chi connectivity index (χ1) is 13.7. The molecule has 142 valence electrons. The van der Waals surface area contributed by atoms with Gasteiger partial charge in [-0.1, -0.05) is 18.7 Å². The predicted octanol–water partition coefficient (Wildman–Crippen LogP) is 2.13. The second kappa shape index (κ2) is 6.65. The highest BCUT2D eigenvalue weighted by Crippen LogP contribution is 2.38. The zero-order valence-electron chi connectivity index (χ0n) is 16.5. The van der Waals surface area contributed by atoms with E-state index in [1.54, 1.807) is 4.90 Å². The van der Waals surface area contributed by atoms with Crippen molar-refractivity contribution in [2.24, 2.45) is 0 Å². The van der Waals surface area contributed by atoms with Crippen LogP contribution < -0.4 is 9.80 Å². The fraction of sp³-hybridized carbons (Fsp3) is 0.391. The summed E-state index contributed by atoms with van der Waals surface area (Å²) < 4.78 is 2.27. The van der Waals surface area contributed by atoms with Gasteiger partial charge in [0.1, 0.15) is 11.9 Å². The number of nitrogens with zero attached hydrogens (tertiary/aromatic N) is 4. The zero-order valence-corrected chi connectivity index (χ0v) is 16.5. The predicted molar refractivity (Wildman–Crippen MR) is 112 cm³/mol. The van der Waals surface area contributed by atoms with Crippen LogP contribution in [0.3, 0.4) is 0 Å². The van der Waals surface area contributed by atoms with Crippen LogP contribution in [-0.4, -0.2) is 42.1 Å². The van der Waals surface area contributed by atoms with Crippen molar-refractivity contribution in [2.75, 3.05) is 37.6 Å². The van der Waals surface area contributed by atoms with Gasteiger partial charge < -0.3 is 9.80 Å². The van der Waals surface area contributed by atoms with Crippen molar-refractivity contribution in [3.8, 4) is 6.07 Å². The number of nitrogens with one attached hydrogen (secondary N) is 1. The molecule has 5 heteroatoms. The number of aromatic nitrogens is 2. The summed E-state index contributed by atoms with van der Waals surface area (Å²) >= 11 is 0. The minimum absolute atomic E-state index is 0.777. The maximum Gasteiger partial charge on any atom is 0.157 e. The molecule has 0 atom stereocenters. The lowest BCUT2D eigenvalue weighted by atomic mass is 10.0. The maximum absolute atomic E-state index is 9.92. The highest BCUT2D eigenvalue weighted by molar-refractivity contribution is 5.86. The number of anilines is 1. The van der Waals surface area contributed by atoms with E-state index >= 15 is 0 Å². The molecule has 28 heavy (non-hydrogen) atoms. The minimum atomic E-state index is 0.777. The second-order valence-corrected chi connectivity index (χ2v) is 8.25. The monoisotopic (exact) mass is 372 g/mol. The van der Waals surface area contributed by atoms with Crippen molar-refractivity contribution in [1.82, 2.24) is 9.38 Å². The fourth-order valence-electron chi connectivity index (χ4n) is 5.03. The smallest absolute Gasteiger partial charge is 0.157 e. The van der Waals surface area contributed by atoms with Gasteiger partial charge in [0.2, 0.25) is 0 Å². The summed E-state index contributed by atoms with van der Waals surface area (Å²) in [5, 5.41) is 9.92. The summed E-state index contributed by atoms with van der Waals surface area (Å²) in [6.45, 7) is 11.6. The summed E-state index contributed by atoms with van der Waals surface area (Å²) in [5.74, 6) is 1.28. The van der Waals surface area contributed by atoms with E-state index in [2.05, 4.69) is 41.0 Å². The minimum Gasteiger partial charge on any atom is -0.346 e. The molecule has 0 spiro atoms. The Bertz CT molecular complexity index is 1130. The van der Waals surface area contributed by atoms with Gasteiger partial charge in [-0.2, -0.15) is 5.26 Å². The van der Waals surface area contributed by atoms with Crippen molar-refractivity contribution in [1.29, 1.82) is 5.26 Å². The van der Waals surface area contributed by atoms with Gasteiger partial charge in [0.05, 0.1) is 49.3 Å². The molecule has 5 nitrogen and oxygen atoms in total. The Morgan fingerprint density at radius 3 is 2.71 bits per heavy atom. The summed E-state index contributed by atoms with van der Waals surface area (Å²) in [7, 11) is 0. The number of piperazine rings is 1. The normalized spacial score (nSPS) is 17.2. The number of hydrogen-bond donors (Lipinski definition) is 1. The topological polar surface area (TPSA) is 48.8 Å². The van der Waals surface area contributed by atoms with Gasteiger partial charge in [-0.25, -0.2) is 4.98 Å². The molecule has 3 aromatic rings. The molecule has 1 saturated heterocycles. The summed E-state index contributed by atoms with van der Waals surface area (Å²) in [6.07, 6.45) is 3.18. The molecule has 5 rings (SSSR count). The Balaban J connectivity index is 1.69. The average Bonchev–Trinajstić information content (AvgIpc) is 3.31. The number of rotatable bonds is 3. The Morgan fingerprint density at radius 2 is 1.96 bits per heavy atom. The molecular formula is C23H26N5+. The van der Waals surface area contributed by atoms with Gasteiger partial charge in [-0.3, -0.25) is 4.40 Å². The SMILES string of the molecule is C=C(C)C[NH+]1CCN(c2c3c(c(C#N)c4nc5ccccc5n24)CCC3)CC1. The van der Waals surface area contributed by atoms with Crippen LogP contribution in [0.5, 0.6) is 0 Å². The van der Waals surface area contributed by atoms with Gasteiger partial charge in [0.25, 0.3) is 0 Å². The molecule has 2 aliphatic rings. The number of nitriles is 1. The number of quaternary nitrogens is 1. The van der Waals surface area contributed by atoms with Gasteiger partial charge in [0.15, 0.2) is 5.65 Å². The van der Waals surface area contributed by atoms with Crippen LogP contribution in [0.1, 0.15) is 30.0 Å². The van der Waals surface area contributed by atoms with E-state index in [0.29, 0.717) is 0 Å². The molecule has 1 aromatic carbocycles. The summed E-state index contributed by atoms with van der Waals surface area (Å²) in [6, 6.07) is 10.7. The van der Waals surface area contributed by atoms with Gasteiger partial charge in [0, 0.05) is 0 Å². The van der Waals surface area contributed by atoms with E-state index in [-0.39, 0.29) is 0 Å². The third-order valence-electron chi connectivity index (χ3n) is 6.22. The van der Waals surface area contributed by atoms with Crippen LogP contribution in [0.25, 0.3) is 16.7 Å². The summed E-state index contributed by atoms with van der Waals surface area (Å²) in [4.78, 5) is 9.02. The number of benzene rings is 1. The van der Waals surface area contributed by atoms with Crippen LogP contribution >= 0.6 is 0 Å². The lowest BCUT2D eigenvalue weighted by Crippen LogP contribution is -3.15. The first-order valence-electron chi connectivity index (χ1n) is 10.2. The standard InChI is InChI=1S/C23H25N5/c1-16(2)15-26-10-12-27(13-11-26)23-18-7-5-6-17(18)19(14-24)22-25-20-8-3-4-9-21(20)28(22)23/h3-4,8-9H,1,5-7,10-13,15H2,2H3/p+1. The van der Waals surface area contributed by atoms with Crippen LogP contribution in [0.15, 0.2) is 36.4 Å². The number of fused-ring (bicyclic) bond motifs is 4. The van der Waals surface area contributed by atoms with E-state index in [9.17, 15) is 5.26 Å². The molecule has 1 aliphatic carbocycles. The van der Waals surface area contributed by atoms with E-state index in [1.807, 2.05) is 12.1 Å². The Kier molecular flexibility index (Phi) is 4.10. The largest absolute Gasteiger partial charge is 0.346 e. The number of para-hydroxylation sites is 2. The number of imidazole rings is 1. The van der Waals surface area contributed by atoms with Crippen molar-refractivity contribution in [2.45, 2.75) is 26.2 Å². The molecule has 3 heterocycles. The lowest BCUT2D eigenvalue weighted by Gasteiger charge is -2.35. The number of pyridine rings is 1. The molecule has 1 fully saturated rings. The second-order valence-electron chi connectivity index (χ2n) is 8.25. The quantitative estimate of drug-likeness (QED) is 0.717. The fourth-order valence-corrected chi connectivity index (χ4v) is 5.03. The Morgan fingerprint density at radius 1 is 1.21 bits per heavy atom. The molecule has 0 unspecified atom stereocenters. The van der Waals surface area contributed by atoms with Crippen molar-refractivity contribution >= 4 is 22.5 Å². The number of hydrogen-bond acceptors (Lipinski definition) is 3. The van der Waals surface area contributed by atoms with Crippen LogP contribution in [0.4, 0.5) is 5.82 Å². The van der Waals surface area contributed by atoms with Crippen LogP contribution in [-0.2, 0) is 12.8 Å². The highest BCUT2D eigenvalue weighted by Gasteiger charge is 2.30.